The third-order valence-corrected chi connectivity index (χ3v) is 15.4. The molecule has 0 aliphatic heterocycles. The molecule has 0 saturated heterocycles. The first-order valence-corrected chi connectivity index (χ1v) is 24.0. The zero-order chi connectivity index (χ0) is 45.8. The van der Waals surface area contributed by atoms with Crippen molar-refractivity contribution in [3.05, 3.63) is 240 Å². The van der Waals surface area contributed by atoms with Crippen molar-refractivity contribution in [1.29, 1.82) is 0 Å². The maximum Gasteiger partial charge on any atom is 0.164 e. The maximum atomic E-state index is 5.35. The van der Waals surface area contributed by atoms with Crippen LogP contribution in [0.5, 0.6) is 0 Å². The lowest BCUT2D eigenvalue weighted by atomic mass is 9.63. The normalized spacial score (nSPS) is 15.3. The Morgan fingerprint density at radius 2 is 0.912 bits per heavy atom. The Morgan fingerprint density at radius 3 is 1.62 bits per heavy atom. The summed E-state index contributed by atoms with van der Waals surface area (Å²) in [6, 6.07) is 75.2. The van der Waals surface area contributed by atoms with E-state index < -0.39 is 5.41 Å². The summed E-state index contributed by atoms with van der Waals surface area (Å²) in [5, 5.41) is 4.89. The van der Waals surface area contributed by atoms with Gasteiger partial charge >= 0.3 is 0 Å². The van der Waals surface area contributed by atoms with Gasteiger partial charge in [0.15, 0.2) is 17.5 Å². The number of aromatic nitrogens is 4. The topological polar surface area (TPSA) is 43.6 Å². The third-order valence-electron chi connectivity index (χ3n) is 15.4. The molecule has 0 unspecified atom stereocenters. The number of benzene rings is 9. The molecule has 2 heterocycles. The molecule has 11 aromatic rings. The molecule has 4 nitrogen and oxygen atoms in total. The zero-order valence-electron chi connectivity index (χ0n) is 38.8. The van der Waals surface area contributed by atoms with Crippen LogP contribution in [-0.4, -0.2) is 19.5 Å². The van der Waals surface area contributed by atoms with Crippen LogP contribution >= 0.6 is 0 Å². The van der Waals surface area contributed by atoms with Crippen LogP contribution in [0, 0.1) is 0 Å². The van der Waals surface area contributed by atoms with Gasteiger partial charge in [0, 0.05) is 33.2 Å². The molecule has 0 amide bonds. The molecule has 0 bridgehead atoms. The molecule has 0 fully saturated rings. The van der Waals surface area contributed by atoms with Crippen molar-refractivity contribution in [2.24, 2.45) is 0 Å². The van der Waals surface area contributed by atoms with Crippen molar-refractivity contribution in [2.45, 2.75) is 56.8 Å². The summed E-state index contributed by atoms with van der Waals surface area (Å²) in [7, 11) is 0. The summed E-state index contributed by atoms with van der Waals surface area (Å²) in [5.41, 5.74) is 16.4. The Labute approximate surface area is 397 Å². The Bertz CT molecular complexity index is 3750. The molecule has 4 heteroatoms. The van der Waals surface area contributed by atoms with E-state index in [1.807, 2.05) is 0 Å². The quantitative estimate of drug-likeness (QED) is 0.167. The fraction of sp³-hybridized carbons (Fsp3) is 0.141. The minimum atomic E-state index is -0.546. The van der Waals surface area contributed by atoms with Crippen molar-refractivity contribution in [2.75, 3.05) is 0 Å². The average Bonchev–Trinajstić information content (AvgIpc) is 3.88. The monoisotopic (exact) mass is 874 g/mol. The van der Waals surface area contributed by atoms with E-state index in [1.165, 1.54) is 79.0 Å². The first-order chi connectivity index (χ1) is 33.2. The Morgan fingerprint density at radius 1 is 0.368 bits per heavy atom. The van der Waals surface area contributed by atoms with Crippen LogP contribution in [0.1, 0.15) is 73.9 Å². The van der Waals surface area contributed by atoms with Gasteiger partial charge in [0.2, 0.25) is 0 Å². The summed E-state index contributed by atoms with van der Waals surface area (Å²) < 4.78 is 2.44. The highest BCUT2D eigenvalue weighted by Gasteiger charge is 2.46. The highest BCUT2D eigenvalue weighted by molar-refractivity contribution is 6.10. The maximum absolute atomic E-state index is 5.35. The smallest absolute Gasteiger partial charge is 0.164 e. The molecule has 0 saturated carbocycles. The van der Waals surface area contributed by atoms with Crippen molar-refractivity contribution in [3.63, 3.8) is 0 Å². The summed E-state index contributed by atoms with van der Waals surface area (Å²) in [6.07, 6.45) is 2.35. The average molecular weight is 875 g/mol. The van der Waals surface area contributed by atoms with Gasteiger partial charge in [0.05, 0.1) is 16.4 Å². The van der Waals surface area contributed by atoms with Crippen molar-refractivity contribution < 1.29 is 0 Å². The lowest BCUT2D eigenvalue weighted by Gasteiger charge is -2.42. The number of nitrogens with zero attached hydrogens (tertiary/aromatic N) is 4. The molecule has 2 aromatic heterocycles. The van der Waals surface area contributed by atoms with Gasteiger partial charge in [0.25, 0.3) is 0 Å². The molecule has 0 N–H and O–H groups in total. The second kappa shape index (κ2) is 15.0. The van der Waals surface area contributed by atoms with E-state index in [2.05, 4.69) is 239 Å². The molecule has 2 aliphatic carbocycles. The van der Waals surface area contributed by atoms with Crippen LogP contribution in [0.4, 0.5) is 0 Å². The number of para-hydroxylation sites is 1. The SMILES string of the molecule is CC1(C)CCC(C)(C)c2cc3c(cc21)c1ccccc1n3-c1ccc(-c2nc(-c3cccc(C4(c5ccccc5)c5ccccc5-c5ccccc54)c3)nc(-c3ccc4ccccc4c3)n2)cc1. The molecule has 0 spiro atoms. The summed E-state index contributed by atoms with van der Waals surface area (Å²) >= 11 is 0. The van der Waals surface area contributed by atoms with Crippen molar-refractivity contribution in [3.8, 4) is 51.0 Å². The molecule has 13 rings (SSSR count). The molecule has 326 valence electrons. The van der Waals surface area contributed by atoms with Gasteiger partial charge in [0.1, 0.15) is 0 Å². The van der Waals surface area contributed by atoms with E-state index in [0.29, 0.717) is 17.5 Å². The number of rotatable bonds is 6. The Kier molecular flexibility index (Phi) is 8.92. The summed E-state index contributed by atoms with van der Waals surface area (Å²) in [4.78, 5) is 15.9. The molecular formula is C64H50N4. The molecule has 68 heavy (non-hydrogen) atoms. The van der Waals surface area contributed by atoms with Gasteiger partial charge in [-0.3, -0.25) is 0 Å². The largest absolute Gasteiger partial charge is 0.309 e. The van der Waals surface area contributed by atoms with E-state index in [0.717, 1.165) is 33.3 Å². The Hall–Kier alpha value is -7.95. The van der Waals surface area contributed by atoms with Crippen LogP contribution < -0.4 is 0 Å². The van der Waals surface area contributed by atoms with Gasteiger partial charge in [-0.05, 0) is 134 Å². The fourth-order valence-electron chi connectivity index (χ4n) is 11.8. The van der Waals surface area contributed by atoms with Crippen LogP contribution in [-0.2, 0) is 16.2 Å². The third kappa shape index (κ3) is 6.10. The minimum absolute atomic E-state index is 0.0943. The van der Waals surface area contributed by atoms with Crippen LogP contribution in [0.2, 0.25) is 0 Å². The van der Waals surface area contributed by atoms with Gasteiger partial charge < -0.3 is 4.57 Å². The van der Waals surface area contributed by atoms with Gasteiger partial charge in [-0.2, -0.15) is 0 Å². The second-order valence-electron chi connectivity index (χ2n) is 20.2. The van der Waals surface area contributed by atoms with E-state index in [4.69, 9.17) is 15.0 Å². The van der Waals surface area contributed by atoms with E-state index in [1.54, 1.807) is 0 Å². The Balaban J connectivity index is 0.982. The van der Waals surface area contributed by atoms with Crippen molar-refractivity contribution >= 4 is 32.6 Å². The van der Waals surface area contributed by atoms with Crippen molar-refractivity contribution in [1.82, 2.24) is 19.5 Å². The van der Waals surface area contributed by atoms with E-state index in [-0.39, 0.29) is 10.8 Å². The number of hydrogen-bond donors (Lipinski definition) is 0. The van der Waals surface area contributed by atoms with Gasteiger partial charge in [-0.1, -0.05) is 179 Å². The molecule has 2 aliphatic rings. The second-order valence-corrected chi connectivity index (χ2v) is 20.2. The van der Waals surface area contributed by atoms with Crippen LogP contribution in [0.3, 0.4) is 0 Å². The molecule has 0 atom stereocenters. The lowest BCUT2D eigenvalue weighted by Crippen LogP contribution is -2.33. The predicted molar refractivity (Wildman–Crippen MR) is 281 cm³/mol. The van der Waals surface area contributed by atoms with E-state index in [9.17, 15) is 0 Å². The minimum Gasteiger partial charge on any atom is -0.309 e. The lowest BCUT2D eigenvalue weighted by molar-refractivity contribution is 0.332. The first kappa shape index (κ1) is 40.3. The fourth-order valence-corrected chi connectivity index (χ4v) is 11.8. The standard InChI is InChI=1S/C64H50N4/c1-62(2)35-36-63(3,4)56-40-58-52(39-55(56)62)51-25-12-15-28-57(51)68(58)48-33-31-42(32-34-48)59-65-60(67-61(66-59)45-30-29-41-17-8-9-18-43(41)37-45)44-19-16-22-47(38-44)64(46-20-6-5-7-21-46)53-26-13-10-23-49(53)50-24-11-14-27-54(50)64/h5-34,37-40H,35-36H2,1-4H3. The highest BCUT2D eigenvalue weighted by Crippen LogP contribution is 2.56. The molecular weight excluding hydrogens is 825 g/mol. The zero-order valence-corrected chi connectivity index (χ0v) is 38.8. The predicted octanol–water partition coefficient (Wildman–Crippen LogP) is 15.8. The van der Waals surface area contributed by atoms with E-state index >= 15 is 0 Å². The van der Waals surface area contributed by atoms with Crippen LogP contribution in [0.25, 0.3) is 83.6 Å². The molecule has 0 radical (unpaired) electrons. The van der Waals surface area contributed by atoms with Gasteiger partial charge in [-0.15, -0.1) is 0 Å². The number of hydrogen-bond acceptors (Lipinski definition) is 3. The van der Waals surface area contributed by atoms with Gasteiger partial charge in [-0.25, -0.2) is 15.0 Å². The highest BCUT2D eigenvalue weighted by atomic mass is 15.0. The summed E-state index contributed by atoms with van der Waals surface area (Å²) in [5.74, 6) is 1.89. The summed E-state index contributed by atoms with van der Waals surface area (Å²) in [6.45, 7) is 9.64. The van der Waals surface area contributed by atoms with Crippen LogP contribution in [0.15, 0.2) is 206 Å². The molecule has 9 aromatic carbocycles. The first-order valence-electron chi connectivity index (χ1n) is 24.0. The number of fused-ring (bicyclic) bond motifs is 8.